The first-order valence-corrected chi connectivity index (χ1v) is 6.04. The molecule has 0 fully saturated rings. The van der Waals surface area contributed by atoms with Gasteiger partial charge in [0, 0.05) is 16.9 Å². The number of hydrogen-bond acceptors (Lipinski definition) is 3. The SMILES string of the molecule is Cc1ccc(C(=O)N/N=C\c2cccc(Cl)c2)cn1. The highest BCUT2D eigenvalue weighted by Gasteiger charge is 2.03. The molecule has 0 bridgehead atoms. The monoisotopic (exact) mass is 273 g/mol. The van der Waals surface area contributed by atoms with E-state index in [0.29, 0.717) is 10.6 Å². The van der Waals surface area contributed by atoms with Crippen LogP contribution in [0.15, 0.2) is 47.7 Å². The lowest BCUT2D eigenvalue weighted by atomic mass is 10.2. The number of benzene rings is 1. The van der Waals surface area contributed by atoms with E-state index < -0.39 is 0 Å². The molecule has 0 saturated carbocycles. The third kappa shape index (κ3) is 3.89. The number of hydrogen-bond donors (Lipinski definition) is 1. The molecular formula is C14H12ClN3O. The predicted octanol–water partition coefficient (Wildman–Crippen LogP) is 2.81. The molecule has 96 valence electrons. The van der Waals surface area contributed by atoms with E-state index in [9.17, 15) is 4.79 Å². The Morgan fingerprint density at radius 3 is 2.89 bits per heavy atom. The zero-order chi connectivity index (χ0) is 13.7. The molecule has 0 saturated heterocycles. The summed E-state index contributed by atoms with van der Waals surface area (Å²) in [6, 6.07) is 10.7. The summed E-state index contributed by atoms with van der Waals surface area (Å²) in [7, 11) is 0. The van der Waals surface area contributed by atoms with E-state index in [-0.39, 0.29) is 5.91 Å². The molecule has 0 radical (unpaired) electrons. The summed E-state index contributed by atoms with van der Waals surface area (Å²) in [5.41, 5.74) is 4.58. The molecule has 0 spiro atoms. The summed E-state index contributed by atoms with van der Waals surface area (Å²) in [6.07, 6.45) is 3.05. The molecule has 0 aliphatic carbocycles. The maximum atomic E-state index is 11.7. The fourth-order valence-corrected chi connectivity index (χ4v) is 1.62. The first-order chi connectivity index (χ1) is 9.15. The van der Waals surface area contributed by atoms with E-state index in [4.69, 9.17) is 11.6 Å². The summed E-state index contributed by atoms with van der Waals surface area (Å²) in [5, 5.41) is 4.49. The van der Waals surface area contributed by atoms with Gasteiger partial charge in [0.2, 0.25) is 0 Å². The van der Waals surface area contributed by atoms with Gasteiger partial charge in [-0.2, -0.15) is 5.10 Å². The van der Waals surface area contributed by atoms with Gasteiger partial charge in [0.25, 0.3) is 5.91 Å². The van der Waals surface area contributed by atoms with Gasteiger partial charge in [-0.25, -0.2) is 5.43 Å². The van der Waals surface area contributed by atoms with E-state index in [2.05, 4.69) is 15.5 Å². The molecule has 5 heteroatoms. The van der Waals surface area contributed by atoms with Crippen LogP contribution in [0.1, 0.15) is 21.6 Å². The number of amides is 1. The third-order valence-electron chi connectivity index (χ3n) is 2.40. The topological polar surface area (TPSA) is 54.4 Å². The summed E-state index contributed by atoms with van der Waals surface area (Å²) < 4.78 is 0. The van der Waals surface area contributed by atoms with Crippen molar-refractivity contribution in [3.8, 4) is 0 Å². The van der Waals surface area contributed by atoms with Gasteiger partial charge in [0.15, 0.2) is 0 Å². The molecule has 1 heterocycles. The summed E-state index contributed by atoms with van der Waals surface area (Å²) in [6.45, 7) is 1.86. The smallest absolute Gasteiger partial charge is 0.267 e. The molecule has 1 aromatic carbocycles. The number of hydrazone groups is 1. The van der Waals surface area contributed by atoms with Gasteiger partial charge >= 0.3 is 0 Å². The third-order valence-corrected chi connectivity index (χ3v) is 2.64. The zero-order valence-electron chi connectivity index (χ0n) is 10.3. The second-order valence-electron chi connectivity index (χ2n) is 3.94. The molecule has 0 aliphatic rings. The fourth-order valence-electron chi connectivity index (χ4n) is 1.42. The summed E-state index contributed by atoms with van der Waals surface area (Å²) in [4.78, 5) is 15.8. The number of nitrogens with zero attached hydrogens (tertiary/aromatic N) is 2. The maximum Gasteiger partial charge on any atom is 0.272 e. The van der Waals surface area contributed by atoms with Crippen LogP contribution >= 0.6 is 11.6 Å². The predicted molar refractivity (Wildman–Crippen MR) is 75.5 cm³/mol. The molecule has 2 aromatic rings. The van der Waals surface area contributed by atoms with Crippen LogP contribution in [0.5, 0.6) is 0 Å². The standard InChI is InChI=1S/C14H12ClN3O/c1-10-5-6-12(9-16-10)14(19)18-17-8-11-3-2-4-13(15)7-11/h2-9H,1H3,(H,18,19)/b17-8-. The van der Waals surface area contributed by atoms with Gasteiger partial charge in [0.1, 0.15) is 0 Å². The molecule has 1 aromatic heterocycles. The molecule has 19 heavy (non-hydrogen) atoms. The van der Waals surface area contributed by atoms with Gasteiger partial charge in [-0.3, -0.25) is 9.78 Å². The van der Waals surface area contributed by atoms with Gasteiger partial charge in [-0.1, -0.05) is 23.7 Å². The lowest BCUT2D eigenvalue weighted by molar-refractivity contribution is 0.0955. The number of halogens is 1. The Bertz CT molecular complexity index is 608. The number of rotatable bonds is 3. The van der Waals surface area contributed by atoms with Crippen LogP contribution in [0, 0.1) is 6.92 Å². The minimum atomic E-state index is -0.300. The van der Waals surface area contributed by atoms with E-state index in [0.717, 1.165) is 11.3 Å². The lowest BCUT2D eigenvalue weighted by Gasteiger charge is -1.99. The number of carbonyl (C=O) groups is 1. The quantitative estimate of drug-likeness (QED) is 0.691. The molecule has 0 atom stereocenters. The van der Waals surface area contributed by atoms with Gasteiger partial charge in [-0.05, 0) is 36.8 Å². The molecule has 0 unspecified atom stereocenters. The highest BCUT2D eigenvalue weighted by molar-refractivity contribution is 6.30. The lowest BCUT2D eigenvalue weighted by Crippen LogP contribution is -2.17. The number of aromatic nitrogens is 1. The average Bonchev–Trinajstić information content (AvgIpc) is 2.39. The summed E-state index contributed by atoms with van der Waals surface area (Å²) >= 11 is 5.84. The largest absolute Gasteiger partial charge is 0.272 e. The van der Waals surface area contributed by atoms with Crippen molar-refractivity contribution in [3.05, 3.63) is 64.4 Å². The van der Waals surface area contributed by atoms with Crippen LogP contribution in [-0.4, -0.2) is 17.1 Å². The Morgan fingerprint density at radius 2 is 2.21 bits per heavy atom. The first kappa shape index (κ1) is 13.2. The summed E-state index contributed by atoms with van der Waals surface area (Å²) in [5.74, 6) is -0.300. The van der Waals surface area contributed by atoms with Crippen molar-refractivity contribution in [2.24, 2.45) is 5.10 Å². The molecule has 0 aliphatic heterocycles. The van der Waals surface area contributed by atoms with Crippen molar-refractivity contribution in [2.45, 2.75) is 6.92 Å². The molecule has 1 amide bonds. The molecule has 1 N–H and O–H groups in total. The van der Waals surface area contributed by atoms with Crippen molar-refractivity contribution in [2.75, 3.05) is 0 Å². The number of nitrogens with one attached hydrogen (secondary N) is 1. The van der Waals surface area contributed by atoms with Crippen LogP contribution < -0.4 is 5.43 Å². The van der Waals surface area contributed by atoms with Crippen LogP contribution in [0.2, 0.25) is 5.02 Å². The molecular weight excluding hydrogens is 262 g/mol. The van der Waals surface area contributed by atoms with Crippen LogP contribution in [0.25, 0.3) is 0 Å². The van der Waals surface area contributed by atoms with Crippen molar-refractivity contribution in [1.29, 1.82) is 0 Å². The second kappa shape index (κ2) is 6.11. The van der Waals surface area contributed by atoms with Crippen LogP contribution in [0.3, 0.4) is 0 Å². The van der Waals surface area contributed by atoms with E-state index >= 15 is 0 Å². The van der Waals surface area contributed by atoms with E-state index in [1.54, 1.807) is 24.3 Å². The molecule has 2 rings (SSSR count). The van der Waals surface area contributed by atoms with Gasteiger partial charge < -0.3 is 0 Å². The van der Waals surface area contributed by atoms with Crippen LogP contribution in [-0.2, 0) is 0 Å². The van der Waals surface area contributed by atoms with Crippen LogP contribution in [0.4, 0.5) is 0 Å². The van der Waals surface area contributed by atoms with Crippen molar-refractivity contribution in [1.82, 2.24) is 10.4 Å². The Morgan fingerprint density at radius 1 is 1.37 bits per heavy atom. The minimum Gasteiger partial charge on any atom is -0.267 e. The van der Waals surface area contributed by atoms with Crippen molar-refractivity contribution >= 4 is 23.7 Å². The Labute approximate surface area is 116 Å². The Kier molecular flexibility index (Phi) is 4.26. The highest BCUT2D eigenvalue weighted by Crippen LogP contribution is 2.08. The first-order valence-electron chi connectivity index (χ1n) is 5.67. The van der Waals surface area contributed by atoms with E-state index in [1.165, 1.54) is 12.4 Å². The Balaban J connectivity index is 1.98. The number of carbonyl (C=O) groups excluding carboxylic acids is 1. The second-order valence-corrected chi connectivity index (χ2v) is 4.38. The number of pyridine rings is 1. The normalized spacial score (nSPS) is 10.6. The number of aryl methyl sites for hydroxylation is 1. The van der Waals surface area contributed by atoms with E-state index in [1.807, 2.05) is 19.1 Å². The van der Waals surface area contributed by atoms with Gasteiger partial charge in [0.05, 0.1) is 11.8 Å². The van der Waals surface area contributed by atoms with Crippen molar-refractivity contribution < 1.29 is 4.79 Å². The fraction of sp³-hybridized carbons (Fsp3) is 0.0714. The van der Waals surface area contributed by atoms with Gasteiger partial charge in [-0.15, -0.1) is 0 Å². The highest BCUT2D eigenvalue weighted by atomic mass is 35.5. The maximum absolute atomic E-state index is 11.7. The molecule has 4 nitrogen and oxygen atoms in total. The zero-order valence-corrected chi connectivity index (χ0v) is 11.1. The average molecular weight is 274 g/mol. The Hall–Kier alpha value is -2.20. The van der Waals surface area contributed by atoms with Crippen molar-refractivity contribution in [3.63, 3.8) is 0 Å². The minimum absolute atomic E-state index is 0.300.